The Morgan fingerprint density at radius 2 is 2.00 bits per heavy atom. The number of hydrogen-bond acceptors (Lipinski definition) is 3. The lowest BCUT2D eigenvalue weighted by Gasteiger charge is -2.03. The Morgan fingerprint density at radius 3 is 2.71 bits per heavy atom. The number of nitrogens with zero attached hydrogens (tertiary/aromatic N) is 3. The summed E-state index contributed by atoms with van der Waals surface area (Å²) in [4.78, 5) is 0. The van der Waals surface area contributed by atoms with Crippen LogP contribution in [-0.2, 0) is 13.2 Å². The summed E-state index contributed by atoms with van der Waals surface area (Å²) in [5.74, 6) is 0. The van der Waals surface area contributed by atoms with Crippen molar-refractivity contribution in [2.45, 2.75) is 13.2 Å². The number of aliphatic hydroxyl groups is 1. The highest BCUT2D eigenvalue weighted by molar-refractivity contribution is 5.15. The molecular weight excluding hydrogens is 178 g/mol. The summed E-state index contributed by atoms with van der Waals surface area (Å²) in [6.45, 7) is 0.622. The van der Waals surface area contributed by atoms with E-state index >= 15 is 0 Å². The average molecular weight is 189 g/mol. The van der Waals surface area contributed by atoms with Crippen molar-refractivity contribution < 1.29 is 5.11 Å². The molecule has 0 aliphatic carbocycles. The molecule has 0 amide bonds. The van der Waals surface area contributed by atoms with Gasteiger partial charge in [0.1, 0.15) is 0 Å². The van der Waals surface area contributed by atoms with E-state index in [2.05, 4.69) is 10.3 Å². The van der Waals surface area contributed by atoms with Gasteiger partial charge < -0.3 is 5.11 Å². The zero-order valence-electron chi connectivity index (χ0n) is 7.67. The van der Waals surface area contributed by atoms with E-state index in [9.17, 15) is 0 Å². The zero-order chi connectivity index (χ0) is 9.80. The highest BCUT2D eigenvalue weighted by atomic mass is 16.3. The molecule has 2 rings (SSSR count). The first-order chi connectivity index (χ1) is 6.90. The molecule has 0 radical (unpaired) electrons. The molecule has 0 unspecified atom stereocenters. The summed E-state index contributed by atoms with van der Waals surface area (Å²) >= 11 is 0. The molecule has 0 aliphatic rings. The van der Waals surface area contributed by atoms with Crippen molar-refractivity contribution in [2.24, 2.45) is 0 Å². The van der Waals surface area contributed by atoms with E-state index in [0.717, 1.165) is 11.3 Å². The molecule has 0 spiro atoms. The number of rotatable bonds is 3. The molecular formula is C10H11N3O. The van der Waals surface area contributed by atoms with Gasteiger partial charge in [-0.05, 0) is 5.56 Å². The highest BCUT2D eigenvalue weighted by Gasteiger charge is 2.02. The second-order valence-electron chi connectivity index (χ2n) is 3.03. The summed E-state index contributed by atoms with van der Waals surface area (Å²) in [5, 5.41) is 16.6. The van der Waals surface area contributed by atoms with Crippen molar-refractivity contribution in [1.82, 2.24) is 15.0 Å². The third kappa shape index (κ3) is 1.80. The van der Waals surface area contributed by atoms with Gasteiger partial charge in [-0.15, -0.1) is 5.10 Å². The summed E-state index contributed by atoms with van der Waals surface area (Å²) in [5.41, 5.74) is 1.88. The highest BCUT2D eigenvalue weighted by Crippen LogP contribution is 2.03. The molecule has 1 N–H and O–H groups in total. The fourth-order valence-corrected chi connectivity index (χ4v) is 1.29. The van der Waals surface area contributed by atoms with Crippen LogP contribution >= 0.6 is 0 Å². The number of aromatic nitrogens is 3. The van der Waals surface area contributed by atoms with Gasteiger partial charge in [0.25, 0.3) is 0 Å². The lowest BCUT2D eigenvalue weighted by Crippen LogP contribution is -2.06. The van der Waals surface area contributed by atoms with Gasteiger partial charge in [-0.3, -0.25) is 0 Å². The minimum Gasteiger partial charge on any atom is -0.390 e. The minimum absolute atomic E-state index is 0.0279. The van der Waals surface area contributed by atoms with E-state index in [-0.39, 0.29) is 6.61 Å². The van der Waals surface area contributed by atoms with Crippen molar-refractivity contribution in [2.75, 3.05) is 0 Å². The monoisotopic (exact) mass is 189 g/mol. The van der Waals surface area contributed by atoms with Crippen molar-refractivity contribution in [3.05, 3.63) is 47.8 Å². The first-order valence-electron chi connectivity index (χ1n) is 4.42. The summed E-state index contributed by atoms with van der Waals surface area (Å²) in [6, 6.07) is 9.96. The molecule has 1 aromatic heterocycles. The SMILES string of the molecule is OCc1cnnn1Cc1ccccc1. The molecule has 0 saturated carbocycles. The van der Waals surface area contributed by atoms with Gasteiger partial charge in [0, 0.05) is 0 Å². The van der Waals surface area contributed by atoms with Gasteiger partial charge in [-0.1, -0.05) is 35.5 Å². The molecule has 0 aliphatic heterocycles. The second kappa shape index (κ2) is 4.02. The Labute approximate surface area is 81.8 Å². The van der Waals surface area contributed by atoms with E-state index < -0.39 is 0 Å². The maximum Gasteiger partial charge on any atom is 0.0866 e. The van der Waals surface area contributed by atoms with Crippen LogP contribution < -0.4 is 0 Å². The standard InChI is InChI=1S/C10H11N3O/c14-8-10-6-11-12-13(10)7-9-4-2-1-3-5-9/h1-6,14H,7-8H2. The maximum atomic E-state index is 8.98. The van der Waals surface area contributed by atoms with E-state index in [1.165, 1.54) is 0 Å². The van der Waals surface area contributed by atoms with Crippen molar-refractivity contribution in [3.8, 4) is 0 Å². The van der Waals surface area contributed by atoms with Gasteiger partial charge in [-0.2, -0.15) is 0 Å². The van der Waals surface area contributed by atoms with Gasteiger partial charge >= 0.3 is 0 Å². The van der Waals surface area contributed by atoms with Crippen molar-refractivity contribution in [1.29, 1.82) is 0 Å². The molecule has 72 valence electrons. The topological polar surface area (TPSA) is 50.9 Å². The van der Waals surface area contributed by atoms with Crippen LogP contribution in [0, 0.1) is 0 Å². The Balaban J connectivity index is 2.19. The van der Waals surface area contributed by atoms with Crippen LogP contribution in [0.1, 0.15) is 11.3 Å². The molecule has 2 aromatic rings. The number of benzene rings is 1. The fraction of sp³-hybridized carbons (Fsp3) is 0.200. The first-order valence-corrected chi connectivity index (χ1v) is 4.42. The summed E-state index contributed by atoms with van der Waals surface area (Å²) in [6.07, 6.45) is 1.57. The third-order valence-corrected chi connectivity index (χ3v) is 2.04. The van der Waals surface area contributed by atoms with E-state index in [4.69, 9.17) is 5.11 Å². The van der Waals surface area contributed by atoms with Crippen LogP contribution in [0.5, 0.6) is 0 Å². The zero-order valence-corrected chi connectivity index (χ0v) is 7.67. The largest absolute Gasteiger partial charge is 0.390 e. The third-order valence-electron chi connectivity index (χ3n) is 2.04. The van der Waals surface area contributed by atoms with Crippen molar-refractivity contribution >= 4 is 0 Å². The Bertz CT molecular complexity index is 397. The lowest BCUT2D eigenvalue weighted by atomic mass is 10.2. The van der Waals surface area contributed by atoms with Gasteiger partial charge in [0.2, 0.25) is 0 Å². The molecule has 0 bridgehead atoms. The van der Waals surface area contributed by atoms with Crippen LogP contribution in [0.15, 0.2) is 36.5 Å². The van der Waals surface area contributed by atoms with Crippen molar-refractivity contribution in [3.63, 3.8) is 0 Å². The molecule has 4 nitrogen and oxygen atoms in total. The van der Waals surface area contributed by atoms with Crippen LogP contribution in [0.2, 0.25) is 0 Å². The van der Waals surface area contributed by atoms with E-state index in [0.29, 0.717) is 6.54 Å². The van der Waals surface area contributed by atoms with Crippen LogP contribution in [0.3, 0.4) is 0 Å². The van der Waals surface area contributed by atoms with Crippen LogP contribution in [-0.4, -0.2) is 20.1 Å². The number of aliphatic hydroxyl groups excluding tert-OH is 1. The summed E-state index contributed by atoms with van der Waals surface area (Å²) in [7, 11) is 0. The minimum atomic E-state index is -0.0279. The average Bonchev–Trinajstić information content (AvgIpc) is 2.67. The predicted molar refractivity (Wildman–Crippen MR) is 51.5 cm³/mol. The molecule has 0 saturated heterocycles. The van der Waals surface area contributed by atoms with Crippen LogP contribution in [0.25, 0.3) is 0 Å². The molecule has 1 heterocycles. The van der Waals surface area contributed by atoms with Gasteiger partial charge in [0.15, 0.2) is 0 Å². The maximum absolute atomic E-state index is 8.98. The number of hydrogen-bond donors (Lipinski definition) is 1. The summed E-state index contributed by atoms with van der Waals surface area (Å²) < 4.78 is 1.69. The Hall–Kier alpha value is -1.68. The molecule has 4 heteroatoms. The van der Waals surface area contributed by atoms with Gasteiger partial charge in [0.05, 0.1) is 25.0 Å². The van der Waals surface area contributed by atoms with Crippen LogP contribution in [0.4, 0.5) is 0 Å². The molecule has 14 heavy (non-hydrogen) atoms. The second-order valence-corrected chi connectivity index (χ2v) is 3.03. The molecule has 0 atom stereocenters. The normalized spacial score (nSPS) is 10.4. The van der Waals surface area contributed by atoms with Gasteiger partial charge in [-0.25, -0.2) is 4.68 Å². The first kappa shape index (κ1) is 8.90. The Morgan fingerprint density at radius 1 is 1.21 bits per heavy atom. The Kier molecular flexibility index (Phi) is 2.55. The fourth-order valence-electron chi connectivity index (χ4n) is 1.29. The van der Waals surface area contributed by atoms with E-state index in [1.54, 1.807) is 10.9 Å². The molecule has 0 fully saturated rings. The quantitative estimate of drug-likeness (QED) is 0.777. The predicted octanol–water partition coefficient (Wildman–Crippen LogP) is 0.819. The van der Waals surface area contributed by atoms with E-state index in [1.807, 2.05) is 30.3 Å². The lowest BCUT2D eigenvalue weighted by molar-refractivity contribution is 0.269. The molecule has 1 aromatic carbocycles. The smallest absolute Gasteiger partial charge is 0.0866 e.